The molecule has 2 aliphatic rings. The van der Waals surface area contributed by atoms with Gasteiger partial charge >= 0.3 is 6.18 Å². The number of piperidine rings is 1. The molecule has 2 fully saturated rings. The lowest BCUT2D eigenvalue weighted by Gasteiger charge is -2.28. The summed E-state index contributed by atoms with van der Waals surface area (Å²) in [6.45, 7) is 0. The van der Waals surface area contributed by atoms with Crippen LogP contribution < -0.4 is 10.6 Å². The highest BCUT2D eigenvalue weighted by Gasteiger charge is 2.34. The summed E-state index contributed by atoms with van der Waals surface area (Å²) in [7, 11) is 0. The van der Waals surface area contributed by atoms with Crippen LogP contribution in [0.25, 0.3) is 5.69 Å². The van der Waals surface area contributed by atoms with Gasteiger partial charge in [-0.3, -0.25) is 4.79 Å². The molecular formula is C19H22ClF3N4O. The van der Waals surface area contributed by atoms with Crippen LogP contribution in [-0.2, 0) is 11.0 Å². The maximum atomic E-state index is 12.9. The predicted molar refractivity (Wildman–Crippen MR) is 102 cm³/mol. The van der Waals surface area contributed by atoms with Crippen molar-refractivity contribution in [1.29, 1.82) is 0 Å². The third kappa shape index (κ3) is 4.67. The quantitative estimate of drug-likeness (QED) is 0.789. The Morgan fingerprint density at radius 3 is 2.64 bits per heavy atom. The van der Waals surface area contributed by atoms with Crippen molar-refractivity contribution in [3.05, 3.63) is 42.2 Å². The molecule has 2 aliphatic heterocycles. The summed E-state index contributed by atoms with van der Waals surface area (Å²) in [4.78, 5) is 12.3. The number of carbonyl (C=O) groups is 1. The molecule has 0 aliphatic carbocycles. The SMILES string of the molecule is Cl.O=C(CC1CC2CCC(C1)N2)Nc1cnn(-c2cccc(C(F)(F)F)c2)c1. The Hall–Kier alpha value is -2.06. The highest BCUT2D eigenvalue weighted by atomic mass is 35.5. The average molecular weight is 415 g/mol. The Kier molecular flexibility index (Phi) is 6.00. The number of anilines is 1. The van der Waals surface area contributed by atoms with Crippen LogP contribution in [0.3, 0.4) is 0 Å². The molecule has 5 nitrogen and oxygen atoms in total. The number of aromatic nitrogens is 2. The normalized spacial score (nSPS) is 23.9. The van der Waals surface area contributed by atoms with Crippen LogP contribution in [0.5, 0.6) is 0 Å². The number of carbonyl (C=O) groups excluding carboxylic acids is 1. The predicted octanol–water partition coefficient (Wildman–Crippen LogP) is 4.17. The van der Waals surface area contributed by atoms with Crippen LogP contribution in [0.1, 0.15) is 37.7 Å². The number of nitrogens with zero attached hydrogens (tertiary/aromatic N) is 2. The van der Waals surface area contributed by atoms with Crippen molar-refractivity contribution in [2.75, 3.05) is 5.32 Å². The van der Waals surface area contributed by atoms with Crippen molar-refractivity contribution < 1.29 is 18.0 Å². The molecule has 1 aromatic carbocycles. The van der Waals surface area contributed by atoms with Gasteiger partial charge in [0.1, 0.15) is 0 Å². The molecule has 3 heterocycles. The van der Waals surface area contributed by atoms with Crippen molar-refractivity contribution in [2.24, 2.45) is 5.92 Å². The first-order valence-electron chi connectivity index (χ1n) is 9.15. The van der Waals surface area contributed by atoms with Crippen LogP contribution in [0.4, 0.5) is 18.9 Å². The van der Waals surface area contributed by atoms with E-state index in [1.807, 2.05) is 0 Å². The van der Waals surface area contributed by atoms with Gasteiger partial charge in [-0.25, -0.2) is 4.68 Å². The Labute approximate surface area is 167 Å². The van der Waals surface area contributed by atoms with E-state index in [2.05, 4.69) is 15.7 Å². The second-order valence-electron chi connectivity index (χ2n) is 7.45. The summed E-state index contributed by atoms with van der Waals surface area (Å²) in [6, 6.07) is 5.99. The molecule has 2 atom stereocenters. The number of benzene rings is 1. The van der Waals surface area contributed by atoms with E-state index in [4.69, 9.17) is 0 Å². The largest absolute Gasteiger partial charge is 0.416 e. The van der Waals surface area contributed by atoms with Crippen LogP contribution in [0, 0.1) is 5.92 Å². The first kappa shape index (κ1) is 20.7. The van der Waals surface area contributed by atoms with Crippen LogP contribution in [0.15, 0.2) is 36.7 Å². The van der Waals surface area contributed by atoms with Crippen molar-refractivity contribution in [3.8, 4) is 5.69 Å². The van der Waals surface area contributed by atoms with Gasteiger partial charge in [0.2, 0.25) is 5.91 Å². The molecule has 2 bridgehead atoms. The van der Waals surface area contributed by atoms with Gasteiger partial charge in [-0.05, 0) is 49.8 Å². The Morgan fingerprint density at radius 1 is 1.25 bits per heavy atom. The number of alkyl halides is 3. The fourth-order valence-electron chi connectivity index (χ4n) is 4.17. The van der Waals surface area contributed by atoms with E-state index < -0.39 is 11.7 Å². The smallest absolute Gasteiger partial charge is 0.323 e. The molecule has 152 valence electrons. The highest BCUT2D eigenvalue weighted by Crippen LogP contribution is 2.33. The maximum Gasteiger partial charge on any atom is 0.416 e. The Morgan fingerprint density at radius 2 is 1.96 bits per heavy atom. The Balaban J connectivity index is 0.00000225. The molecule has 1 aromatic heterocycles. The van der Waals surface area contributed by atoms with E-state index in [0.717, 1.165) is 25.0 Å². The molecule has 9 heteroatoms. The third-order valence-corrected chi connectivity index (χ3v) is 5.35. The number of nitrogens with one attached hydrogen (secondary N) is 2. The standard InChI is InChI=1S/C19H21F3N4O.ClH/c20-19(21,22)13-2-1-3-17(9-13)26-11-16(10-23-26)25-18(27)8-12-6-14-4-5-15(7-12)24-14;/h1-3,9-12,14-15,24H,4-8H2,(H,25,27);1H. The van der Waals surface area contributed by atoms with E-state index in [1.54, 1.807) is 6.07 Å². The number of halogens is 4. The van der Waals surface area contributed by atoms with E-state index in [1.165, 1.54) is 36.0 Å². The zero-order valence-electron chi connectivity index (χ0n) is 15.1. The lowest BCUT2D eigenvalue weighted by molar-refractivity contribution is -0.137. The monoisotopic (exact) mass is 414 g/mol. The minimum atomic E-state index is -4.41. The van der Waals surface area contributed by atoms with Gasteiger partial charge in [-0.1, -0.05) is 6.07 Å². The second kappa shape index (κ2) is 8.13. The fourth-order valence-corrected chi connectivity index (χ4v) is 4.17. The molecule has 2 saturated heterocycles. The molecule has 0 spiro atoms. The summed E-state index contributed by atoms with van der Waals surface area (Å²) in [6.07, 6.45) is 3.45. The van der Waals surface area contributed by atoms with Gasteiger partial charge in [0.15, 0.2) is 0 Å². The third-order valence-electron chi connectivity index (χ3n) is 5.35. The summed E-state index contributed by atoms with van der Waals surface area (Å²) >= 11 is 0. The van der Waals surface area contributed by atoms with Gasteiger partial charge in [0.05, 0.1) is 29.3 Å². The lowest BCUT2D eigenvalue weighted by atomic mass is 9.89. The molecule has 0 saturated carbocycles. The molecule has 4 rings (SSSR count). The zero-order valence-corrected chi connectivity index (χ0v) is 15.9. The van der Waals surface area contributed by atoms with Crippen LogP contribution in [0.2, 0.25) is 0 Å². The van der Waals surface area contributed by atoms with Crippen molar-refractivity contribution in [2.45, 2.75) is 50.4 Å². The first-order chi connectivity index (χ1) is 12.9. The first-order valence-corrected chi connectivity index (χ1v) is 9.15. The average Bonchev–Trinajstić information content (AvgIpc) is 3.20. The van der Waals surface area contributed by atoms with Crippen LogP contribution >= 0.6 is 12.4 Å². The summed E-state index contributed by atoms with van der Waals surface area (Å²) in [5, 5.41) is 10.4. The number of hydrogen-bond donors (Lipinski definition) is 2. The van der Waals surface area contributed by atoms with Crippen molar-refractivity contribution >= 4 is 24.0 Å². The van der Waals surface area contributed by atoms with Crippen LogP contribution in [-0.4, -0.2) is 27.8 Å². The number of amides is 1. The molecule has 0 radical (unpaired) electrons. The minimum Gasteiger partial charge on any atom is -0.323 e. The second-order valence-corrected chi connectivity index (χ2v) is 7.45. The number of hydrogen-bond acceptors (Lipinski definition) is 3. The van der Waals surface area contributed by atoms with Gasteiger partial charge in [0.25, 0.3) is 0 Å². The summed E-state index contributed by atoms with van der Waals surface area (Å²) in [5.74, 6) is 0.298. The summed E-state index contributed by atoms with van der Waals surface area (Å²) in [5.41, 5.74) is 0.0381. The van der Waals surface area contributed by atoms with Gasteiger partial charge in [-0.2, -0.15) is 18.3 Å². The lowest BCUT2D eigenvalue weighted by Crippen LogP contribution is -2.39. The summed E-state index contributed by atoms with van der Waals surface area (Å²) < 4.78 is 39.9. The highest BCUT2D eigenvalue weighted by molar-refractivity contribution is 5.90. The molecule has 2 unspecified atom stereocenters. The molecule has 2 N–H and O–H groups in total. The van der Waals surface area contributed by atoms with E-state index in [-0.39, 0.29) is 18.3 Å². The van der Waals surface area contributed by atoms with Gasteiger partial charge in [0, 0.05) is 18.5 Å². The van der Waals surface area contributed by atoms with E-state index in [0.29, 0.717) is 35.8 Å². The maximum absolute atomic E-state index is 12.9. The molecular weight excluding hydrogens is 393 g/mol. The van der Waals surface area contributed by atoms with Gasteiger partial charge in [-0.15, -0.1) is 12.4 Å². The fraction of sp³-hybridized carbons (Fsp3) is 0.474. The topological polar surface area (TPSA) is 59.0 Å². The number of rotatable bonds is 4. The molecule has 2 aromatic rings. The Bertz CT molecular complexity index is 827. The zero-order chi connectivity index (χ0) is 19.0. The van der Waals surface area contributed by atoms with Gasteiger partial charge < -0.3 is 10.6 Å². The van der Waals surface area contributed by atoms with Crippen molar-refractivity contribution in [3.63, 3.8) is 0 Å². The number of fused-ring (bicyclic) bond motifs is 2. The minimum absolute atomic E-state index is 0. The van der Waals surface area contributed by atoms with E-state index in [9.17, 15) is 18.0 Å². The van der Waals surface area contributed by atoms with E-state index >= 15 is 0 Å². The molecule has 1 amide bonds. The molecule has 28 heavy (non-hydrogen) atoms. The van der Waals surface area contributed by atoms with Crippen molar-refractivity contribution in [1.82, 2.24) is 15.1 Å².